The van der Waals surface area contributed by atoms with E-state index in [2.05, 4.69) is 0 Å². The molecule has 0 aliphatic carbocycles. The Morgan fingerprint density at radius 1 is 0.900 bits per heavy atom. The van der Waals surface area contributed by atoms with Crippen LogP contribution in [0.2, 0.25) is 0 Å². The minimum atomic E-state index is -5.13. The Bertz CT molecular complexity index is 1220. The molecule has 3 rings (SSSR count). The highest BCUT2D eigenvalue weighted by Crippen LogP contribution is 2.42. The van der Waals surface area contributed by atoms with Crippen LogP contribution in [0.15, 0.2) is 36.4 Å². The Morgan fingerprint density at radius 2 is 1.45 bits per heavy atom. The molecule has 1 aliphatic heterocycles. The number of carbonyl (C=O) groups is 2. The summed E-state index contributed by atoms with van der Waals surface area (Å²) in [7, 11) is 0. The van der Waals surface area contributed by atoms with Crippen LogP contribution in [0.4, 0.5) is 50.0 Å². The van der Waals surface area contributed by atoms with Crippen LogP contribution in [0, 0.1) is 0 Å². The Kier molecular flexibility index (Phi) is 8.70. The molecule has 2 aromatic carbocycles. The van der Waals surface area contributed by atoms with Crippen LogP contribution in [0.5, 0.6) is 0 Å². The molecule has 0 N–H and O–H groups in total. The fraction of sp³-hybridized carbons (Fsp3) is 0.462. The lowest BCUT2D eigenvalue weighted by molar-refractivity contribution is -0.143. The molecular weight excluding hydrogens is 559 g/mol. The summed E-state index contributed by atoms with van der Waals surface area (Å²) in [6.07, 6.45) is -16.4. The molecule has 220 valence electrons. The first-order valence-corrected chi connectivity index (χ1v) is 12.0. The molecular formula is C26H25F9N2O3. The van der Waals surface area contributed by atoms with Crippen molar-refractivity contribution in [1.82, 2.24) is 4.90 Å². The molecule has 14 heteroatoms. The normalized spacial score (nSPS) is 16.4. The van der Waals surface area contributed by atoms with Crippen molar-refractivity contribution in [2.75, 3.05) is 11.4 Å². The van der Waals surface area contributed by atoms with Gasteiger partial charge in [0.25, 0.3) is 0 Å². The second kappa shape index (κ2) is 11.2. The number of fused-ring (bicyclic) bond motifs is 1. The maximum Gasteiger partial charge on any atom is 0.416 e. The van der Waals surface area contributed by atoms with Crippen molar-refractivity contribution in [2.45, 2.75) is 70.8 Å². The number of hydrogen-bond acceptors (Lipinski definition) is 3. The monoisotopic (exact) mass is 584 g/mol. The molecule has 1 heterocycles. The smallest absolute Gasteiger partial charge is 0.416 e. The highest BCUT2D eigenvalue weighted by Gasteiger charge is 2.39. The fourth-order valence-electron chi connectivity index (χ4n) is 4.49. The van der Waals surface area contributed by atoms with Gasteiger partial charge in [-0.1, -0.05) is 0 Å². The van der Waals surface area contributed by atoms with E-state index in [1.165, 1.54) is 0 Å². The highest BCUT2D eigenvalue weighted by molar-refractivity contribution is 5.89. The van der Waals surface area contributed by atoms with E-state index in [9.17, 15) is 49.1 Å². The average Bonchev–Trinajstić information content (AvgIpc) is 2.99. The number of amides is 2. The summed E-state index contributed by atoms with van der Waals surface area (Å²) in [5.41, 5.74) is -4.99. The van der Waals surface area contributed by atoms with E-state index in [1.54, 1.807) is 13.8 Å². The third kappa shape index (κ3) is 7.19. The standard InChI is InChI=1S/C26H25F9N2O3/c1-14(2)40-23(39)36-8-4-5-21(20-12-17(24(27,28)29)6-7-22(20)36)37(15(3)38)13-16-9-18(25(30,31)32)11-19(10-16)26(33,34)35/h6-7,9-12,14,21H,4-5,8,13H2,1-3H3. The Hall–Kier alpha value is -3.45. The first-order valence-electron chi connectivity index (χ1n) is 12.0. The summed E-state index contributed by atoms with van der Waals surface area (Å²) in [6.45, 7) is 3.34. The van der Waals surface area contributed by atoms with Crippen LogP contribution in [-0.4, -0.2) is 29.5 Å². The molecule has 0 spiro atoms. The molecule has 2 aromatic rings. The van der Waals surface area contributed by atoms with Crippen molar-refractivity contribution in [3.05, 3.63) is 64.2 Å². The number of alkyl halides is 9. The molecule has 5 nitrogen and oxygen atoms in total. The maximum absolute atomic E-state index is 13.6. The number of halogens is 9. The van der Waals surface area contributed by atoms with E-state index < -0.39 is 71.5 Å². The van der Waals surface area contributed by atoms with Gasteiger partial charge in [-0.15, -0.1) is 0 Å². The zero-order valence-corrected chi connectivity index (χ0v) is 21.5. The second-order valence-electron chi connectivity index (χ2n) is 9.57. The minimum absolute atomic E-state index is 0.0199. The minimum Gasteiger partial charge on any atom is -0.446 e. The zero-order valence-electron chi connectivity index (χ0n) is 21.5. The van der Waals surface area contributed by atoms with Crippen molar-refractivity contribution in [1.29, 1.82) is 0 Å². The summed E-state index contributed by atoms with van der Waals surface area (Å²) in [4.78, 5) is 27.5. The van der Waals surface area contributed by atoms with Crippen LogP contribution in [-0.2, 0) is 34.6 Å². The lowest BCUT2D eigenvalue weighted by Gasteiger charge is -2.33. The van der Waals surface area contributed by atoms with Crippen LogP contribution in [0.25, 0.3) is 0 Å². The van der Waals surface area contributed by atoms with Crippen molar-refractivity contribution in [3.63, 3.8) is 0 Å². The number of ether oxygens (including phenoxy) is 1. The number of rotatable bonds is 4. The van der Waals surface area contributed by atoms with Gasteiger partial charge >= 0.3 is 24.6 Å². The van der Waals surface area contributed by atoms with Gasteiger partial charge in [0, 0.05) is 20.0 Å². The van der Waals surface area contributed by atoms with Crippen LogP contribution >= 0.6 is 0 Å². The fourth-order valence-corrected chi connectivity index (χ4v) is 4.49. The number of carbonyl (C=O) groups excluding carboxylic acids is 2. The summed E-state index contributed by atoms with van der Waals surface area (Å²) < 4.78 is 126. The van der Waals surface area contributed by atoms with Gasteiger partial charge in [-0.05, 0) is 74.2 Å². The van der Waals surface area contributed by atoms with E-state index in [-0.39, 0.29) is 36.7 Å². The SMILES string of the molecule is CC(=O)N(Cc1cc(C(F)(F)F)cc(C(F)(F)F)c1)C1CCCN(C(=O)OC(C)C)c2ccc(C(F)(F)F)cc21. The van der Waals surface area contributed by atoms with Gasteiger partial charge in [0.2, 0.25) is 5.91 Å². The molecule has 40 heavy (non-hydrogen) atoms. The molecule has 0 saturated heterocycles. The van der Waals surface area contributed by atoms with Gasteiger partial charge < -0.3 is 9.64 Å². The first-order chi connectivity index (χ1) is 18.3. The van der Waals surface area contributed by atoms with Crippen molar-refractivity contribution in [2.24, 2.45) is 0 Å². The molecule has 2 amide bonds. The third-order valence-corrected chi connectivity index (χ3v) is 6.20. The second-order valence-corrected chi connectivity index (χ2v) is 9.57. The number of anilines is 1. The van der Waals surface area contributed by atoms with Gasteiger partial charge in [0.1, 0.15) is 0 Å². The van der Waals surface area contributed by atoms with Crippen LogP contribution in [0.1, 0.15) is 67.5 Å². The quantitative estimate of drug-likeness (QED) is 0.343. The van der Waals surface area contributed by atoms with E-state index in [0.29, 0.717) is 12.1 Å². The van der Waals surface area contributed by atoms with E-state index in [0.717, 1.165) is 34.9 Å². The molecule has 0 saturated carbocycles. The van der Waals surface area contributed by atoms with Crippen molar-refractivity contribution in [3.8, 4) is 0 Å². The predicted molar refractivity (Wildman–Crippen MR) is 125 cm³/mol. The maximum atomic E-state index is 13.6. The molecule has 0 fully saturated rings. The highest BCUT2D eigenvalue weighted by atomic mass is 19.4. The van der Waals surface area contributed by atoms with Gasteiger partial charge in [-0.25, -0.2) is 4.79 Å². The summed E-state index contributed by atoms with van der Waals surface area (Å²) in [5, 5.41) is 0. The van der Waals surface area contributed by atoms with Gasteiger partial charge in [0.05, 0.1) is 34.5 Å². The summed E-state index contributed by atoms with van der Waals surface area (Å²) in [5.74, 6) is -0.808. The Balaban J connectivity index is 2.16. The lowest BCUT2D eigenvalue weighted by Crippen LogP contribution is -2.35. The molecule has 0 bridgehead atoms. The molecule has 0 radical (unpaired) electrons. The van der Waals surface area contributed by atoms with Gasteiger partial charge in [0.15, 0.2) is 0 Å². The van der Waals surface area contributed by atoms with Gasteiger partial charge in [-0.2, -0.15) is 39.5 Å². The van der Waals surface area contributed by atoms with E-state index in [1.807, 2.05) is 0 Å². The Morgan fingerprint density at radius 3 is 1.93 bits per heavy atom. The molecule has 0 aromatic heterocycles. The summed E-state index contributed by atoms with van der Waals surface area (Å²) >= 11 is 0. The van der Waals surface area contributed by atoms with Crippen LogP contribution < -0.4 is 4.90 Å². The average molecular weight is 584 g/mol. The zero-order chi connectivity index (χ0) is 30.2. The first kappa shape index (κ1) is 31.1. The molecule has 1 aliphatic rings. The molecule has 1 unspecified atom stereocenters. The largest absolute Gasteiger partial charge is 0.446 e. The predicted octanol–water partition coefficient (Wildman–Crippen LogP) is 7.98. The van der Waals surface area contributed by atoms with Crippen molar-refractivity contribution >= 4 is 17.7 Å². The number of hydrogen-bond donors (Lipinski definition) is 0. The van der Waals surface area contributed by atoms with Gasteiger partial charge in [-0.3, -0.25) is 9.69 Å². The Labute approximate surface area is 223 Å². The van der Waals surface area contributed by atoms with E-state index >= 15 is 0 Å². The molecule has 1 atom stereocenters. The number of nitrogens with zero attached hydrogens (tertiary/aromatic N) is 2. The third-order valence-electron chi connectivity index (χ3n) is 6.20. The number of benzene rings is 2. The van der Waals surface area contributed by atoms with E-state index in [4.69, 9.17) is 4.74 Å². The summed E-state index contributed by atoms with van der Waals surface area (Å²) in [6, 6.07) is 2.14. The topological polar surface area (TPSA) is 49.9 Å². The van der Waals surface area contributed by atoms with Crippen LogP contribution in [0.3, 0.4) is 0 Å². The van der Waals surface area contributed by atoms with Crippen molar-refractivity contribution < 1.29 is 53.8 Å². The lowest BCUT2D eigenvalue weighted by atomic mass is 9.96.